The van der Waals surface area contributed by atoms with Crippen LogP contribution in [0.4, 0.5) is 4.79 Å². The summed E-state index contributed by atoms with van der Waals surface area (Å²) in [5.41, 5.74) is 0.933. The van der Waals surface area contributed by atoms with Crippen molar-refractivity contribution in [2.24, 2.45) is 0 Å². The molecule has 2 rings (SSSR count). The SMILES string of the molecule is COc1cc(OC)c(C(NC(=O)OC(C)(C)C)c2ccccc2)c(OC)c1. The molecule has 0 saturated carbocycles. The van der Waals surface area contributed by atoms with Crippen LogP contribution in [0.2, 0.25) is 0 Å². The summed E-state index contributed by atoms with van der Waals surface area (Å²) in [4.78, 5) is 12.5. The van der Waals surface area contributed by atoms with E-state index in [2.05, 4.69) is 5.32 Å². The molecule has 146 valence electrons. The Morgan fingerprint density at radius 2 is 1.48 bits per heavy atom. The third kappa shape index (κ3) is 5.29. The van der Waals surface area contributed by atoms with Crippen LogP contribution in [-0.2, 0) is 4.74 Å². The lowest BCUT2D eigenvalue weighted by Gasteiger charge is -2.26. The smallest absolute Gasteiger partial charge is 0.408 e. The van der Waals surface area contributed by atoms with Crippen LogP contribution in [0.5, 0.6) is 17.2 Å². The molecule has 0 aliphatic rings. The molecule has 0 saturated heterocycles. The van der Waals surface area contributed by atoms with Gasteiger partial charge in [0.25, 0.3) is 0 Å². The van der Waals surface area contributed by atoms with Crippen LogP contribution < -0.4 is 19.5 Å². The molecule has 2 aromatic carbocycles. The van der Waals surface area contributed by atoms with Gasteiger partial charge in [-0.2, -0.15) is 0 Å². The Morgan fingerprint density at radius 3 is 1.93 bits per heavy atom. The van der Waals surface area contributed by atoms with Crippen molar-refractivity contribution in [3.63, 3.8) is 0 Å². The molecular weight excluding hydrogens is 346 g/mol. The van der Waals surface area contributed by atoms with Gasteiger partial charge in [0.15, 0.2) is 0 Å². The number of amides is 1. The molecule has 0 aliphatic heterocycles. The molecule has 0 heterocycles. The average Bonchev–Trinajstić information content (AvgIpc) is 2.64. The molecule has 6 nitrogen and oxygen atoms in total. The summed E-state index contributed by atoms with van der Waals surface area (Å²) in [7, 11) is 4.70. The van der Waals surface area contributed by atoms with E-state index in [-0.39, 0.29) is 0 Å². The molecular formula is C21H27NO5. The minimum absolute atomic E-state index is 0.531. The summed E-state index contributed by atoms with van der Waals surface area (Å²) < 4.78 is 21.9. The Balaban J connectivity index is 2.55. The normalized spacial score (nSPS) is 12.1. The number of alkyl carbamates (subject to hydrolysis) is 1. The van der Waals surface area contributed by atoms with E-state index >= 15 is 0 Å². The second-order valence-corrected chi connectivity index (χ2v) is 6.94. The quantitative estimate of drug-likeness (QED) is 0.816. The summed E-state index contributed by atoms with van der Waals surface area (Å²) >= 11 is 0. The Morgan fingerprint density at radius 1 is 0.926 bits per heavy atom. The zero-order chi connectivity index (χ0) is 20.0. The molecule has 1 amide bonds. The molecule has 1 N–H and O–H groups in total. The van der Waals surface area contributed by atoms with E-state index in [0.29, 0.717) is 22.8 Å². The van der Waals surface area contributed by atoms with Crippen molar-refractivity contribution in [2.45, 2.75) is 32.4 Å². The monoisotopic (exact) mass is 373 g/mol. The van der Waals surface area contributed by atoms with Crippen molar-refractivity contribution in [1.82, 2.24) is 5.32 Å². The number of nitrogens with one attached hydrogen (secondary N) is 1. The van der Waals surface area contributed by atoms with Gasteiger partial charge in [-0.25, -0.2) is 4.79 Å². The van der Waals surface area contributed by atoms with Crippen LogP contribution in [0, 0.1) is 0 Å². The van der Waals surface area contributed by atoms with Gasteiger partial charge in [-0.3, -0.25) is 0 Å². The van der Waals surface area contributed by atoms with Gasteiger partial charge in [-0.15, -0.1) is 0 Å². The maximum atomic E-state index is 12.5. The van der Waals surface area contributed by atoms with Gasteiger partial charge in [0, 0.05) is 12.1 Å². The molecule has 0 bridgehead atoms. The largest absolute Gasteiger partial charge is 0.496 e. The number of carbonyl (C=O) groups excluding carboxylic acids is 1. The highest BCUT2D eigenvalue weighted by molar-refractivity contribution is 5.70. The fourth-order valence-electron chi connectivity index (χ4n) is 2.71. The Kier molecular flexibility index (Phi) is 6.55. The minimum Gasteiger partial charge on any atom is -0.496 e. The third-order valence-corrected chi connectivity index (χ3v) is 3.84. The van der Waals surface area contributed by atoms with Gasteiger partial charge >= 0.3 is 6.09 Å². The summed E-state index contributed by atoms with van der Waals surface area (Å²) in [6, 6.07) is 12.5. The molecule has 0 radical (unpaired) electrons. The van der Waals surface area contributed by atoms with E-state index in [4.69, 9.17) is 18.9 Å². The fourth-order valence-corrected chi connectivity index (χ4v) is 2.71. The first-order valence-electron chi connectivity index (χ1n) is 8.63. The highest BCUT2D eigenvalue weighted by Gasteiger charge is 2.27. The van der Waals surface area contributed by atoms with E-state index in [0.717, 1.165) is 5.56 Å². The number of hydrogen-bond donors (Lipinski definition) is 1. The minimum atomic E-state index is -0.612. The highest BCUT2D eigenvalue weighted by atomic mass is 16.6. The van der Waals surface area contributed by atoms with Crippen LogP contribution in [0.15, 0.2) is 42.5 Å². The van der Waals surface area contributed by atoms with Crippen LogP contribution in [-0.4, -0.2) is 33.0 Å². The predicted octanol–water partition coefficient (Wildman–Crippen LogP) is 4.33. The van der Waals surface area contributed by atoms with Crippen molar-refractivity contribution >= 4 is 6.09 Å². The Bertz CT molecular complexity index is 743. The Hall–Kier alpha value is -2.89. The summed E-state index contributed by atoms with van der Waals surface area (Å²) in [5, 5.41) is 2.93. The molecule has 0 aliphatic carbocycles. The third-order valence-electron chi connectivity index (χ3n) is 3.84. The number of methoxy groups -OCH3 is 3. The second-order valence-electron chi connectivity index (χ2n) is 6.94. The van der Waals surface area contributed by atoms with E-state index in [9.17, 15) is 4.79 Å². The number of benzene rings is 2. The van der Waals surface area contributed by atoms with E-state index in [1.807, 2.05) is 51.1 Å². The number of hydrogen-bond acceptors (Lipinski definition) is 5. The topological polar surface area (TPSA) is 66.0 Å². The van der Waals surface area contributed by atoms with E-state index in [1.165, 1.54) is 0 Å². The molecule has 0 spiro atoms. The molecule has 0 fully saturated rings. The van der Waals surface area contributed by atoms with Crippen molar-refractivity contribution in [1.29, 1.82) is 0 Å². The van der Waals surface area contributed by atoms with Gasteiger partial charge in [-0.1, -0.05) is 30.3 Å². The number of rotatable bonds is 6. The van der Waals surface area contributed by atoms with E-state index in [1.54, 1.807) is 33.5 Å². The van der Waals surface area contributed by atoms with Gasteiger partial charge < -0.3 is 24.3 Å². The van der Waals surface area contributed by atoms with Crippen molar-refractivity contribution < 1.29 is 23.7 Å². The predicted molar refractivity (Wildman–Crippen MR) is 104 cm³/mol. The van der Waals surface area contributed by atoms with Gasteiger partial charge in [0.05, 0.1) is 32.9 Å². The van der Waals surface area contributed by atoms with Crippen LogP contribution in [0.3, 0.4) is 0 Å². The van der Waals surface area contributed by atoms with Crippen molar-refractivity contribution in [2.75, 3.05) is 21.3 Å². The number of ether oxygens (including phenoxy) is 4. The molecule has 1 unspecified atom stereocenters. The fraction of sp³-hybridized carbons (Fsp3) is 0.381. The maximum Gasteiger partial charge on any atom is 0.408 e. The lowest BCUT2D eigenvalue weighted by molar-refractivity contribution is 0.0511. The summed E-state index contributed by atoms with van der Waals surface area (Å²) in [6.07, 6.45) is -0.531. The van der Waals surface area contributed by atoms with E-state index < -0.39 is 17.7 Å². The zero-order valence-corrected chi connectivity index (χ0v) is 16.7. The molecule has 27 heavy (non-hydrogen) atoms. The highest BCUT2D eigenvalue weighted by Crippen LogP contribution is 2.40. The van der Waals surface area contributed by atoms with Gasteiger partial charge in [0.2, 0.25) is 0 Å². The number of carbonyl (C=O) groups is 1. The second kappa shape index (κ2) is 8.66. The van der Waals surface area contributed by atoms with Crippen LogP contribution in [0.25, 0.3) is 0 Å². The summed E-state index contributed by atoms with van der Waals surface area (Å²) in [5.74, 6) is 1.67. The first kappa shape index (κ1) is 20.4. The van der Waals surface area contributed by atoms with Crippen LogP contribution >= 0.6 is 0 Å². The zero-order valence-electron chi connectivity index (χ0n) is 16.7. The lowest BCUT2D eigenvalue weighted by Crippen LogP contribution is -2.35. The molecule has 0 aromatic heterocycles. The van der Waals surface area contributed by atoms with Gasteiger partial charge in [-0.05, 0) is 26.3 Å². The Labute approximate surface area is 160 Å². The first-order chi connectivity index (χ1) is 12.8. The first-order valence-corrected chi connectivity index (χ1v) is 8.63. The standard InChI is InChI=1S/C21H27NO5/c1-21(2,3)27-20(23)22-19(14-10-8-7-9-11-14)18-16(25-5)12-15(24-4)13-17(18)26-6/h7-13,19H,1-6H3,(H,22,23). The summed E-state index contributed by atoms with van der Waals surface area (Å²) in [6.45, 7) is 5.45. The van der Waals surface area contributed by atoms with Crippen LogP contribution in [0.1, 0.15) is 37.9 Å². The molecule has 1 atom stereocenters. The average molecular weight is 373 g/mol. The molecule has 6 heteroatoms. The van der Waals surface area contributed by atoms with Gasteiger partial charge in [0.1, 0.15) is 22.8 Å². The maximum absolute atomic E-state index is 12.5. The lowest BCUT2D eigenvalue weighted by atomic mass is 9.96. The molecule has 2 aromatic rings. The van der Waals surface area contributed by atoms with Crippen molar-refractivity contribution in [3.8, 4) is 17.2 Å². The van der Waals surface area contributed by atoms with Crippen molar-refractivity contribution in [3.05, 3.63) is 53.6 Å².